The molecule has 6 heteroatoms. The molecule has 2 unspecified atom stereocenters. The molecule has 1 aliphatic rings. The highest BCUT2D eigenvalue weighted by atomic mass is 16.4. The molecule has 0 aromatic carbocycles. The van der Waals surface area contributed by atoms with Crippen LogP contribution in [0.2, 0.25) is 0 Å². The van der Waals surface area contributed by atoms with Crippen molar-refractivity contribution >= 4 is 11.9 Å². The second-order valence-corrected chi connectivity index (χ2v) is 4.87. The topological polar surface area (TPSA) is 75.4 Å². The van der Waals surface area contributed by atoms with Gasteiger partial charge < -0.3 is 10.0 Å². The summed E-state index contributed by atoms with van der Waals surface area (Å²) in [6, 6.07) is 1.32. The SMILES string of the molecule is CC(C)N1C(=O)CC(C(=O)O)C1c1ccnn1C. The van der Waals surface area contributed by atoms with Gasteiger partial charge in [-0.25, -0.2) is 0 Å². The van der Waals surface area contributed by atoms with Crippen molar-refractivity contribution in [2.24, 2.45) is 13.0 Å². The molecule has 1 aliphatic heterocycles. The lowest BCUT2D eigenvalue weighted by molar-refractivity contribution is -0.142. The first-order chi connectivity index (χ1) is 8.43. The van der Waals surface area contributed by atoms with Gasteiger partial charge in [0, 0.05) is 25.7 Å². The average molecular weight is 251 g/mol. The third-order valence-corrected chi connectivity index (χ3v) is 3.40. The van der Waals surface area contributed by atoms with Gasteiger partial charge in [-0.2, -0.15) is 5.10 Å². The van der Waals surface area contributed by atoms with E-state index in [1.807, 2.05) is 13.8 Å². The average Bonchev–Trinajstić information content (AvgIpc) is 2.81. The molecule has 1 fully saturated rings. The lowest BCUT2D eigenvalue weighted by Gasteiger charge is -2.30. The van der Waals surface area contributed by atoms with E-state index in [0.717, 1.165) is 5.69 Å². The number of carboxylic acids is 1. The Kier molecular flexibility index (Phi) is 3.11. The number of carbonyl (C=O) groups is 2. The molecule has 0 spiro atoms. The number of hydrogen-bond acceptors (Lipinski definition) is 3. The van der Waals surface area contributed by atoms with Crippen molar-refractivity contribution in [2.75, 3.05) is 0 Å². The Morgan fingerprint density at radius 2 is 2.22 bits per heavy atom. The van der Waals surface area contributed by atoms with E-state index in [1.165, 1.54) is 0 Å². The third kappa shape index (κ3) is 1.87. The van der Waals surface area contributed by atoms with Crippen molar-refractivity contribution in [1.29, 1.82) is 0 Å². The Morgan fingerprint density at radius 3 is 2.67 bits per heavy atom. The Bertz CT molecular complexity index is 481. The van der Waals surface area contributed by atoms with E-state index in [1.54, 1.807) is 28.9 Å². The van der Waals surface area contributed by atoms with Crippen LogP contribution in [0.3, 0.4) is 0 Å². The van der Waals surface area contributed by atoms with E-state index in [2.05, 4.69) is 5.10 Å². The van der Waals surface area contributed by atoms with Gasteiger partial charge in [-0.15, -0.1) is 0 Å². The van der Waals surface area contributed by atoms with Crippen molar-refractivity contribution in [3.8, 4) is 0 Å². The minimum atomic E-state index is -0.933. The zero-order chi connectivity index (χ0) is 13.4. The summed E-state index contributed by atoms with van der Waals surface area (Å²) in [6.07, 6.45) is 1.68. The number of aryl methyl sites for hydroxylation is 1. The number of nitrogens with zero attached hydrogens (tertiary/aromatic N) is 3. The fourth-order valence-corrected chi connectivity index (χ4v) is 2.61. The standard InChI is InChI=1S/C12H17N3O3/c1-7(2)15-10(16)6-8(12(17)18)11(15)9-4-5-13-14(9)3/h4-5,7-8,11H,6H2,1-3H3,(H,17,18). The molecule has 2 rings (SSSR count). The highest BCUT2D eigenvalue weighted by Gasteiger charge is 2.46. The molecule has 18 heavy (non-hydrogen) atoms. The molecule has 1 N–H and O–H groups in total. The summed E-state index contributed by atoms with van der Waals surface area (Å²) in [7, 11) is 1.76. The molecule has 98 valence electrons. The molecule has 0 radical (unpaired) electrons. The molecule has 6 nitrogen and oxygen atoms in total. The Hall–Kier alpha value is -1.85. The third-order valence-electron chi connectivity index (χ3n) is 3.40. The maximum Gasteiger partial charge on any atom is 0.309 e. The van der Waals surface area contributed by atoms with Crippen LogP contribution in [0.25, 0.3) is 0 Å². The molecule has 0 aliphatic carbocycles. The summed E-state index contributed by atoms with van der Waals surface area (Å²) in [5.74, 6) is -1.74. The molecule has 2 atom stereocenters. The quantitative estimate of drug-likeness (QED) is 0.862. The number of carbonyl (C=O) groups excluding carboxylic acids is 1. The van der Waals surface area contributed by atoms with Crippen molar-refractivity contribution in [3.05, 3.63) is 18.0 Å². The van der Waals surface area contributed by atoms with Crippen LogP contribution in [0.1, 0.15) is 32.0 Å². The monoisotopic (exact) mass is 251 g/mol. The lowest BCUT2D eigenvalue weighted by Crippen LogP contribution is -2.37. The predicted octanol–water partition coefficient (Wildman–Crippen LogP) is 0.803. The van der Waals surface area contributed by atoms with Gasteiger partial charge in [0.05, 0.1) is 17.7 Å². The van der Waals surface area contributed by atoms with E-state index in [0.29, 0.717) is 0 Å². The fourth-order valence-electron chi connectivity index (χ4n) is 2.61. The number of aliphatic carboxylic acids is 1. The van der Waals surface area contributed by atoms with E-state index >= 15 is 0 Å². The molecular formula is C12H17N3O3. The van der Waals surface area contributed by atoms with Crippen LogP contribution < -0.4 is 0 Å². The second kappa shape index (κ2) is 4.44. The zero-order valence-corrected chi connectivity index (χ0v) is 10.7. The van der Waals surface area contributed by atoms with Crippen molar-refractivity contribution in [1.82, 2.24) is 14.7 Å². The molecular weight excluding hydrogens is 234 g/mol. The summed E-state index contributed by atoms with van der Waals surface area (Å²) < 4.78 is 1.63. The van der Waals surface area contributed by atoms with Crippen LogP contribution in [0.5, 0.6) is 0 Å². The van der Waals surface area contributed by atoms with Crippen molar-refractivity contribution in [3.63, 3.8) is 0 Å². The van der Waals surface area contributed by atoms with Gasteiger partial charge in [0.25, 0.3) is 0 Å². The zero-order valence-electron chi connectivity index (χ0n) is 10.7. The van der Waals surface area contributed by atoms with Gasteiger partial charge in [0.2, 0.25) is 5.91 Å². The summed E-state index contributed by atoms with van der Waals surface area (Å²) in [5.41, 5.74) is 0.766. The number of likely N-dealkylation sites (tertiary alicyclic amines) is 1. The minimum Gasteiger partial charge on any atom is -0.481 e. The van der Waals surface area contributed by atoms with Gasteiger partial charge >= 0.3 is 5.97 Å². The van der Waals surface area contributed by atoms with Crippen LogP contribution in [0.4, 0.5) is 0 Å². The smallest absolute Gasteiger partial charge is 0.309 e. The molecule has 0 bridgehead atoms. The van der Waals surface area contributed by atoms with Crippen LogP contribution in [0, 0.1) is 5.92 Å². The van der Waals surface area contributed by atoms with Gasteiger partial charge in [-0.1, -0.05) is 0 Å². The Morgan fingerprint density at radius 1 is 1.56 bits per heavy atom. The molecule has 1 amide bonds. The van der Waals surface area contributed by atoms with Gasteiger partial charge in [-0.05, 0) is 19.9 Å². The van der Waals surface area contributed by atoms with Gasteiger partial charge in [0.15, 0.2) is 0 Å². The molecule has 1 aromatic heterocycles. The Balaban J connectivity index is 2.46. The van der Waals surface area contributed by atoms with Crippen LogP contribution in [0.15, 0.2) is 12.3 Å². The van der Waals surface area contributed by atoms with E-state index in [9.17, 15) is 14.7 Å². The molecule has 1 saturated heterocycles. The molecule has 0 saturated carbocycles. The molecule has 2 heterocycles. The Labute approximate surface area is 105 Å². The summed E-state index contributed by atoms with van der Waals surface area (Å²) in [6.45, 7) is 3.79. The molecule has 1 aromatic rings. The van der Waals surface area contributed by atoms with Gasteiger partial charge in [-0.3, -0.25) is 14.3 Å². The second-order valence-electron chi connectivity index (χ2n) is 4.87. The maximum atomic E-state index is 12.0. The first-order valence-electron chi connectivity index (χ1n) is 5.95. The largest absolute Gasteiger partial charge is 0.481 e. The van der Waals surface area contributed by atoms with Crippen LogP contribution in [-0.2, 0) is 16.6 Å². The van der Waals surface area contributed by atoms with E-state index in [4.69, 9.17) is 0 Å². The first-order valence-corrected chi connectivity index (χ1v) is 5.95. The van der Waals surface area contributed by atoms with Crippen molar-refractivity contribution in [2.45, 2.75) is 32.4 Å². The highest BCUT2D eigenvalue weighted by Crippen LogP contribution is 2.39. The first kappa shape index (κ1) is 12.6. The van der Waals surface area contributed by atoms with E-state index in [-0.39, 0.29) is 18.4 Å². The highest BCUT2D eigenvalue weighted by molar-refractivity contribution is 5.87. The predicted molar refractivity (Wildman–Crippen MR) is 63.7 cm³/mol. The number of carboxylic acid groups (broad SMARTS) is 1. The maximum absolute atomic E-state index is 12.0. The van der Waals surface area contributed by atoms with E-state index < -0.39 is 17.9 Å². The normalized spacial score (nSPS) is 24.0. The number of hydrogen-bond donors (Lipinski definition) is 1. The number of rotatable bonds is 3. The van der Waals surface area contributed by atoms with Gasteiger partial charge in [0.1, 0.15) is 0 Å². The van der Waals surface area contributed by atoms with Crippen LogP contribution in [-0.4, -0.2) is 37.7 Å². The summed E-state index contributed by atoms with van der Waals surface area (Å²) in [5, 5.41) is 13.3. The number of amides is 1. The summed E-state index contributed by atoms with van der Waals surface area (Å²) in [4.78, 5) is 25.0. The van der Waals surface area contributed by atoms with Crippen molar-refractivity contribution < 1.29 is 14.7 Å². The lowest BCUT2D eigenvalue weighted by atomic mass is 9.97. The number of aromatic nitrogens is 2. The summed E-state index contributed by atoms with van der Waals surface area (Å²) >= 11 is 0. The minimum absolute atomic E-state index is 0.0262. The fraction of sp³-hybridized carbons (Fsp3) is 0.583. The van der Waals surface area contributed by atoms with Crippen LogP contribution >= 0.6 is 0 Å².